The molecule has 136 valence electrons. The molecule has 25 heavy (non-hydrogen) atoms. The standard InChI is InChI=1S/C15H16F3N3O4/c1-2-25-14(24)20-19-13(23)9-6-12(22)21(8-9)11-5-3-4-10(7-11)15(16,17)18/h3-5,7,9H,2,6,8H2,1H3,(H,19,23)(H,20,24). The summed E-state index contributed by atoms with van der Waals surface area (Å²) in [4.78, 5) is 36.2. The Bertz CT molecular complexity index is 678. The normalized spacial score (nSPS) is 17.4. The number of halogens is 3. The number of carbonyl (C=O) groups is 3. The maximum absolute atomic E-state index is 12.8. The predicted molar refractivity (Wildman–Crippen MR) is 80.2 cm³/mol. The summed E-state index contributed by atoms with van der Waals surface area (Å²) in [5, 5.41) is 0. The van der Waals surface area contributed by atoms with Crippen molar-refractivity contribution < 1.29 is 32.3 Å². The van der Waals surface area contributed by atoms with Crippen LogP contribution in [-0.4, -0.2) is 31.1 Å². The molecule has 10 heteroatoms. The average molecular weight is 359 g/mol. The fraction of sp³-hybridized carbons (Fsp3) is 0.400. The van der Waals surface area contributed by atoms with E-state index in [-0.39, 0.29) is 25.3 Å². The molecule has 1 aromatic rings. The van der Waals surface area contributed by atoms with Crippen molar-refractivity contribution in [2.45, 2.75) is 19.5 Å². The van der Waals surface area contributed by atoms with E-state index in [0.717, 1.165) is 17.0 Å². The molecule has 1 unspecified atom stereocenters. The third-order valence-electron chi connectivity index (χ3n) is 3.54. The molecule has 2 rings (SSSR count). The summed E-state index contributed by atoms with van der Waals surface area (Å²) in [5.41, 5.74) is 3.32. The lowest BCUT2D eigenvalue weighted by Gasteiger charge is -2.18. The molecule has 1 aromatic carbocycles. The Morgan fingerprint density at radius 2 is 2.04 bits per heavy atom. The van der Waals surface area contributed by atoms with Crippen LogP contribution >= 0.6 is 0 Å². The molecular formula is C15H16F3N3O4. The number of hydrogen-bond acceptors (Lipinski definition) is 4. The fourth-order valence-electron chi connectivity index (χ4n) is 2.36. The van der Waals surface area contributed by atoms with Gasteiger partial charge in [0.2, 0.25) is 11.8 Å². The van der Waals surface area contributed by atoms with Crippen molar-refractivity contribution in [1.82, 2.24) is 10.9 Å². The van der Waals surface area contributed by atoms with Crippen LogP contribution in [0.4, 0.5) is 23.7 Å². The summed E-state index contributed by atoms with van der Waals surface area (Å²) in [7, 11) is 0. The molecule has 1 atom stereocenters. The minimum Gasteiger partial charge on any atom is -0.449 e. The zero-order chi connectivity index (χ0) is 18.6. The Balaban J connectivity index is 2.03. The lowest BCUT2D eigenvalue weighted by Crippen LogP contribution is -2.45. The minimum atomic E-state index is -4.53. The molecule has 1 fully saturated rings. The van der Waals surface area contributed by atoms with E-state index in [0.29, 0.717) is 0 Å². The van der Waals surface area contributed by atoms with Crippen LogP contribution in [0.25, 0.3) is 0 Å². The van der Waals surface area contributed by atoms with E-state index in [4.69, 9.17) is 0 Å². The van der Waals surface area contributed by atoms with E-state index >= 15 is 0 Å². The highest BCUT2D eigenvalue weighted by Gasteiger charge is 2.37. The maximum atomic E-state index is 12.8. The third-order valence-corrected chi connectivity index (χ3v) is 3.54. The smallest absolute Gasteiger partial charge is 0.426 e. The summed E-state index contributed by atoms with van der Waals surface area (Å²) >= 11 is 0. The largest absolute Gasteiger partial charge is 0.449 e. The van der Waals surface area contributed by atoms with E-state index in [1.54, 1.807) is 6.92 Å². The Labute approximate surface area is 141 Å². The van der Waals surface area contributed by atoms with Crippen LogP contribution in [0.5, 0.6) is 0 Å². The first-order valence-corrected chi connectivity index (χ1v) is 7.42. The predicted octanol–water partition coefficient (Wildman–Crippen LogP) is 1.84. The lowest BCUT2D eigenvalue weighted by atomic mass is 10.1. The van der Waals surface area contributed by atoms with E-state index in [9.17, 15) is 27.6 Å². The Morgan fingerprint density at radius 1 is 1.32 bits per heavy atom. The highest BCUT2D eigenvalue weighted by molar-refractivity contribution is 6.00. The number of hydrogen-bond donors (Lipinski definition) is 2. The monoisotopic (exact) mass is 359 g/mol. The van der Waals surface area contributed by atoms with Gasteiger partial charge in [0.05, 0.1) is 18.1 Å². The van der Waals surface area contributed by atoms with Crippen LogP contribution in [0.2, 0.25) is 0 Å². The summed E-state index contributed by atoms with van der Waals surface area (Å²) < 4.78 is 42.9. The second kappa shape index (κ2) is 7.41. The van der Waals surface area contributed by atoms with Crippen molar-refractivity contribution in [3.8, 4) is 0 Å². The van der Waals surface area contributed by atoms with Gasteiger partial charge in [-0.15, -0.1) is 0 Å². The highest BCUT2D eigenvalue weighted by atomic mass is 19.4. The Morgan fingerprint density at radius 3 is 2.68 bits per heavy atom. The minimum absolute atomic E-state index is 0.0634. The van der Waals surface area contributed by atoms with Crippen molar-refractivity contribution in [2.24, 2.45) is 5.92 Å². The molecule has 1 aliphatic heterocycles. The summed E-state index contributed by atoms with van der Waals surface area (Å²) in [6.45, 7) is 1.62. The second-order valence-electron chi connectivity index (χ2n) is 5.29. The van der Waals surface area contributed by atoms with Crippen LogP contribution in [0.3, 0.4) is 0 Å². The zero-order valence-corrected chi connectivity index (χ0v) is 13.2. The molecule has 2 N–H and O–H groups in total. The first kappa shape index (κ1) is 18.6. The SMILES string of the molecule is CCOC(=O)NNC(=O)C1CC(=O)N(c2cccc(C(F)(F)F)c2)C1. The first-order valence-electron chi connectivity index (χ1n) is 7.42. The van der Waals surface area contributed by atoms with Gasteiger partial charge in [-0.1, -0.05) is 6.07 Å². The molecule has 1 saturated heterocycles. The number of ether oxygens (including phenoxy) is 1. The molecule has 0 aromatic heterocycles. The zero-order valence-electron chi connectivity index (χ0n) is 13.2. The number of nitrogens with zero attached hydrogens (tertiary/aromatic N) is 1. The van der Waals surface area contributed by atoms with Crippen LogP contribution in [-0.2, 0) is 20.5 Å². The molecule has 0 aliphatic carbocycles. The van der Waals surface area contributed by atoms with Gasteiger partial charge in [0, 0.05) is 18.7 Å². The van der Waals surface area contributed by atoms with Crippen molar-refractivity contribution in [3.05, 3.63) is 29.8 Å². The van der Waals surface area contributed by atoms with Crippen LogP contribution in [0.15, 0.2) is 24.3 Å². The number of rotatable bonds is 3. The number of hydrazine groups is 1. The number of benzene rings is 1. The second-order valence-corrected chi connectivity index (χ2v) is 5.29. The van der Waals surface area contributed by atoms with Gasteiger partial charge in [0.25, 0.3) is 0 Å². The van der Waals surface area contributed by atoms with Gasteiger partial charge >= 0.3 is 12.3 Å². The summed E-state index contributed by atoms with van der Waals surface area (Å²) in [6, 6.07) is 4.32. The van der Waals surface area contributed by atoms with E-state index in [1.165, 1.54) is 12.1 Å². The molecular weight excluding hydrogens is 343 g/mol. The van der Waals surface area contributed by atoms with Gasteiger partial charge < -0.3 is 9.64 Å². The molecule has 1 aliphatic rings. The van der Waals surface area contributed by atoms with Crippen molar-refractivity contribution >= 4 is 23.6 Å². The number of amides is 3. The van der Waals surface area contributed by atoms with Crippen molar-refractivity contribution in [1.29, 1.82) is 0 Å². The molecule has 0 radical (unpaired) electrons. The van der Waals surface area contributed by atoms with Gasteiger partial charge in [-0.2, -0.15) is 13.2 Å². The summed E-state index contributed by atoms with van der Waals surface area (Å²) in [6.07, 6.45) is -5.55. The van der Waals surface area contributed by atoms with Crippen molar-refractivity contribution in [2.75, 3.05) is 18.1 Å². The number of nitrogens with one attached hydrogen (secondary N) is 2. The highest BCUT2D eigenvalue weighted by Crippen LogP contribution is 2.33. The molecule has 0 saturated carbocycles. The van der Waals surface area contributed by atoms with Gasteiger partial charge in [0.1, 0.15) is 0 Å². The molecule has 0 bridgehead atoms. The Kier molecular flexibility index (Phi) is 5.50. The van der Waals surface area contributed by atoms with Crippen molar-refractivity contribution in [3.63, 3.8) is 0 Å². The van der Waals surface area contributed by atoms with E-state index in [2.05, 4.69) is 10.2 Å². The molecule has 0 spiro atoms. The van der Waals surface area contributed by atoms with E-state index < -0.39 is 35.6 Å². The van der Waals surface area contributed by atoms with Crippen LogP contribution in [0.1, 0.15) is 18.9 Å². The molecule has 1 heterocycles. The average Bonchev–Trinajstić information content (AvgIpc) is 2.94. The quantitative estimate of drug-likeness (QED) is 0.806. The van der Waals surface area contributed by atoms with Crippen LogP contribution in [0, 0.1) is 5.92 Å². The summed E-state index contributed by atoms with van der Waals surface area (Å²) in [5.74, 6) is -1.91. The maximum Gasteiger partial charge on any atom is 0.426 e. The topological polar surface area (TPSA) is 87.7 Å². The first-order chi connectivity index (χ1) is 11.7. The van der Waals surface area contributed by atoms with E-state index in [1.807, 2.05) is 5.43 Å². The van der Waals surface area contributed by atoms with Gasteiger partial charge in [0.15, 0.2) is 0 Å². The van der Waals surface area contributed by atoms with Gasteiger partial charge in [-0.25, -0.2) is 10.2 Å². The fourth-order valence-corrected chi connectivity index (χ4v) is 2.36. The van der Waals surface area contributed by atoms with Gasteiger partial charge in [-0.3, -0.25) is 15.0 Å². The Hall–Kier alpha value is -2.78. The molecule has 3 amide bonds. The molecule has 7 nitrogen and oxygen atoms in total. The number of anilines is 1. The lowest BCUT2D eigenvalue weighted by molar-refractivity contribution is -0.137. The number of alkyl halides is 3. The third kappa shape index (κ3) is 4.61. The van der Waals surface area contributed by atoms with Crippen LogP contribution < -0.4 is 15.8 Å². The van der Waals surface area contributed by atoms with Gasteiger partial charge in [-0.05, 0) is 25.1 Å². The number of carbonyl (C=O) groups excluding carboxylic acids is 3.